The fourth-order valence-electron chi connectivity index (χ4n) is 1.95. The van der Waals surface area contributed by atoms with Gasteiger partial charge in [0.2, 0.25) is 0 Å². The highest BCUT2D eigenvalue weighted by atomic mass is 35.5. The first-order valence-corrected chi connectivity index (χ1v) is 7.80. The quantitative estimate of drug-likeness (QED) is 0.746. The topological polar surface area (TPSA) is 46.3 Å². The number of amides is 1. The summed E-state index contributed by atoms with van der Waals surface area (Å²) < 4.78 is 0. The van der Waals surface area contributed by atoms with Crippen molar-refractivity contribution >= 4 is 34.8 Å². The van der Waals surface area contributed by atoms with Gasteiger partial charge < -0.3 is 10.6 Å². The number of benzene rings is 1. The molecule has 0 saturated heterocycles. The molecule has 20 heavy (non-hydrogen) atoms. The lowest BCUT2D eigenvalue weighted by molar-refractivity contribution is 0.0751. The summed E-state index contributed by atoms with van der Waals surface area (Å²) in [7, 11) is 0. The molecule has 5 heteroatoms. The summed E-state index contributed by atoms with van der Waals surface area (Å²) in [6, 6.07) is 3.16. The van der Waals surface area contributed by atoms with E-state index in [4.69, 9.17) is 28.9 Å². The van der Waals surface area contributed by atoms with Crippen molar-refractivity contribution in [2.24, 2.45) is 0 Å². The molecule has 1 aromatic rings. The fraction of sp³-hybridized carbons (Fsp3) is 0.533. The number of hydrogen-bond acceptors (Lipinski definition) is 2. The SMILES string of the molecule is CCCCN(CCCC)C(=O)c1cc(N)cc(Cl)c1Cl. The van der Waals surface area contributed by atoms with Crippen molar-refractivity contribution in [2.45, 2.75) is 39.5 Å². The van der Waals surface area contributed by atoms with Crippen LogP contribution in [0.25, 0.3) is 0 Å². The largest absolute Gasteiger partial charge is 0.399 e. The van der Waals surface area contributed by atoms with Crippen molar-refractivity contribution in [2.75, 3.05) is 18.8 Å². The lowest BCUT2D eigenvalue weighted by Crippen LogP contribution is -2.33. The Bertz CT molecular complexity index is 455. The molecule has 0 fully saturated rings. The van der Waals surface area contributed by atoms with Crippen molar-refractivity contribution in [1.82, 2.24) is 4.90 Å². The minimum Gasteiger partial charge on any atom is -0.399 e. The van der Waals surface area contributed by atoms with Crippen LogP contribution in [-0.2, 0) is 0 Å². The molecule has 0 aliphatic carbocycles. The Balaban J connectivity index is 2.98. The Labute approximate surface area is 131 Å². The molecule has 1 amide bonds. The van der Waals surface area contributed by atoms with Gasteiger partial charge in [0.05, 0.1) is 15.6 Å². The molecule has 0 aromatic heterocycles. The molecule has 3 nitrogen and oxygen atoms in total. The van der Waals surface area contributed by atoms with Gasteiger partial charge >= 0.3 is 0 Å². The van der Waals surface area contributed by atoms with Gasteiger partial charge in [-0.1, -0.05) is 49.9 Å². The molecule has 1 rings (SSSR count). The number of carbonyl (C=O) groups excluding carboxylic acids is 1. The fourth-order valence-corrected chi connectivity index (χ4v) is 2.37. The van der Waals surface area contributed by atoms with Crippen LogP contribution >= 0.6 is 23.2 Å². The van der Waals surface area contributed by atoms with E-state index < -0.39 is 0 Å². The van der Waals surface area contributed by atoms with Crippen LogP contribution in [0.15, 0.2) is 12.1 Å². The van der Waals surface area contributed by atoms with Crippen molar-refractivity contribution in [3.05, 3.63) is 27.7 Å². The Morgan fingerprint density at radius 3 is 2.20 bits per heavy atom. The molecule has 0 saturated carbocycles. The van der Waals surface area contributed by atoms with E-state index in [0.29, 0.717) is 16.3 Å². The highest BCUT2D eigenvalue weighted by Gasteiger charge is 2.19. The second kappa shape index (κ2) is 8.38. The van der Waals surface area contributed by atoms with E-state index in [1.165, 1.54) is 0 Å². The number of carbonyl (C=O) groups is 1. The predicted molar refractivity (Wildman–Crippen MR) is 86.6 cm³/mol. The van der Waals surface area contributed by atoms with Gasteiger partial charge in [0, 0.05) is 18.8 Å². The van der Waals surface area contributed by atoms with E-state index in [0.717, 1.165) is 38.8 Å². The predicted octanol–water partition coefficient (Wildman–Crippen LogP) is 4.62. The van der Waals surface area contributed by atoms with Crippen molar-refractivity contribution < 1.29 is 4.79 Å². The average molecular weight is 317 g/mol. The van der Waals surface area contributed by atoms with Crippen LogP contribution in [0, 0.1) is 0 Å². The second-order valence-electron chi connectivity index (χ2n) is 4.86. The smallest absolute Gasteiger partial charge is 0.255 e. The lowest BCUT2D eigenvalue weighted by Gasteiger charge is -2.23. The molecular weight excluding hydrogens is 295 g/mol. The molecule has 0 unspecified atom stereocenters. The Kier molecular flexibility index (Phi) is 7.17. The van der Waals surface area contributed by atoms with Crippen LogP contribution in [0.5, 0.6) is 0 Å². The summed E-state index contributed by atoms with van der Waals surface area (Å²) in [5, 5.41) is 0.602. The van der Waals surface area contributed by atoms with E-state index in [9.17, 15) is 4.79 Å². The third kappa shape index (κ3) is 4.57. The van der Waals surface area contributed by atoms with Crippen LogP contribution in [0.3, 0.4) is 0 Å². The van der Waals surface area contributed by atoms with Gasteiger partial charge in [0.15, 0.2) is 0 Å². The molecule has 0 heterocycles. The third-order valence-electron chi connectivity index (χ3n) is 3.13. The summed E-state index contributed by atoms with van der Waals surface area (Å²) in [6.45, 7) is 5.68. The third-order valence-corrected chi connectivity index (χ3v) is 3.93. The minimum absolute atomic E-state index is 0.0916. The summed E-state index contributed by atoms with van der Waals surface area (Å²) in [5.41, 5.74) is 6.60. The zero-order valence-electron chi connectivity index (χ0n) is 12.1. The summed E-state index contributed by atoms with van der Waals surface area (Å²) in [5.74, 6) is -0.0916. The zero-order valence-corrected chi connectivity index (χ0v) is 13.6. The molecule has 0 aliphatic rings. The maximum atomic E-state index is 12.6. The van der Waals surface area contributed by atoms with Crippen molar-refractivity contribution in [1.29, 1.82) is 0 Å². The van der Waals surface area contributed by atoms with Gasteiger partial charge in [-0.15, -0.1) is 0 Å². The molecule has 0 radical (unpaired) electrons. The van der Waals surface area contributed by atoms with Crippen molar-refractivity contribution in [3.63, 3.8) is 0 Å². The zero-order chi connectivity index (χ0) is 15.1. The number of halogens is 2. The van der Waals surface area contributed by atoms with E-state index >= 15 is 0 Å². The molecule has 1 aromatic carbocycles. The number of unbranched alkanes of at least 4 members (excludes halogenated alkanes) is 2. The number of anilines is 1. The van der Waals surface area contributed by atoms with Crippen LogP contribution < -0.4 is 5.73 Å². The molecule has 0 spiro atoms. The second-order valence-corrected chi connectivity index (χ2v) is 5.65. The van der Waals surface area contributed by atoms with E-state index in [1.807, 2.05) is 4.90 Å². The maximum Gasteiger partial charge on any atom is 0.255 e. The van der Waals surface area contributed by atoms with Gasteiger partial charge in [0.1, 0.15) is 0 Å². The van der Waals surface area contributed by atoms with Gasteiger partial charge in [-0.05, 0) is 25.0 Å². The molecule has 0 aliphatic heterocycles. The van der Waals surface area contributed by atoms with E-state index in [2.05, 4.69) is 13.8 Å². The summed E-state index contributed by atoms with van der Waals surface area (Å²) >= 11 is 12.1. The number of nitrogens with zero attached hydrogens (tertiary/aromatic N) is 1. The van der Waals surface area contributed by atoms with Gasteiger partial charge in [0.25, 0.3) is 5.91 Å². The molecule has 112 valence electrons. The summed E-state index contributed by atoms with van der Waals surface area (Å²) in [4.78, 5) is 14.4. The summed E-state index contributed by atoms with van der Waals surface area (Å²) in [6.07, 6.45) is 4.04. The lowest BCUT2D eigenvalue weighted by atomic mass is 10.1. The molecular formula is C15H22Cl2N2O. The molecule has 2 N–H and O–H groups in total. The minimum atomic E-state index is -0.0916. The first-order chi connectivity index (χ1) is 9.51. The highest BCUT2D eigenvalue weighted by molar-refractivity contribution is 6.44. The van der Waals surface area contributed by atoms with E-state index in [-0.39, 0.29) is 10.9 Å². The number of hydrogen-bond donors (Lipinski definition) is 1. The van der Waals surface area contributed by atoms with Crippen LogP contribution in [0.2, 0.25) is 10.0 Å². The Morgan fingerprint density at radius 1 is 1.15 bits per heavy atom. The van der Waals surface area contributed by atoms with Gasteiger partial charge in [-0.25, -0.2) is 0 Å². The molecule has 0 atom stereocenters. The van der Waals surface area contributed by atoms with Crippen molar-refractivity contribution in [3.8, 4) is 0 Å². The first-order valence-electron chi connectivity index (χ1n) is 7.05. The van der Waals surface area contributed by atoms with Crippen LogP contribution in [-0.4, -0.2) is 23.9 Å². The Hall–Kier alpha value is -0.930. The monoisotopic (exact) mass is 316 g/mol. The maximum absolute atomic E-state index is 12.6. The normalized spacial score (nSPS) is 10.6. The number of rotatable bonds is 7. The first kappa shape index (κ1) is 17.1. The average Bonchev–Trinajstić information content (AvgIpc) is 2.42. The van der Waals surface area contributed by atoms with Gasteiger partial charge in [-0.3, -0.25) is 4.79 Å². The number of nitrogen functional groups attached to an aromatic ring is 1. The van der Waals surface area contributed by atoms with Crippen LogP contribution in [0.4, 0.5) is 5.69 Å². The standard InChI is InChI=1S/C15H22Cl2N2O/c1-3-5-7-19(8-6-4-2)15(20)12-9-11(18)10-13(16)14(12)17/h9-10H,3-8,18H2,1-2H3. The van der Waals surface area contributed by atoms with E-state index in [1.54, 1.807) is 12.1 Å². The van der Waals surface area contributed by atoms with Gasteiger partial charge in [-0.2, -0.15) is 0 Å². The molecule has 0 bridgehead atoms. The number of nitrogens with two attached hydrogens (primary N) is 1. The highest BCUT2D eigenvalue weighted by Crippen LogP contribution is 2.29. The van der Waals surface area contributed by atoms with Crippen LogP contribution in [0.1, 0.15) is 49.9 Å². The Morgan fingerprint density at radius 2 is 1.70 bits per heavy atom.